The van der Waals surface area contributed by atoms with E-state index in [1.807, 2.05) is 36.4 Å². The molecule has 0 fully saturated rings. The van der Waals surface area contributed by atoms with E-state index in [9.17, 15) is 0 Å². The number of rotatable bonds is 7. The van der Waals surface area contributed by atoms with Crippen LogP contribution in [0, 0.1) is 0 Å². The van der Waals surface area contributed by atoms with Crippen molar-refractivity contribution in [2.75, 3.05) is 17.3 Å². The number of benzene rings is 2. The van der Waals surface area contributed by atoms with Crippen molar-refractivity contribution in [3.8, 4) is 5.75 Å². The van der Waals surface area contributed by atoms with Gasteiger partial charge in [0.15, 0.2) is 0 Å². The van der Waals surface area contributed by atoms with Gasteiger partial charge in [-0.05, 0) is 31.5 Å². The summed E-state index contributed by atoms with van der Waals surface area (Å²) in [5.74, 6) is 2.40. The molecule has 0 radical (unpaired) electrons. The Labute approximate surface area is 154 Å². The van der Waals surface area contributed by atoms with Crippen molar-refractivity contribution in [2.45, 2.75) is 26.4 Å². The summed E-state index contributed by atoms with van der Waals surface area (Å²) >= 11 is 0. The molecule has 0 saturated carbocycles. The number of methoxy groups -OCH3 is 1. The fraction of sp³-hybridized carbons (Fsp3) is 0.238. The highest BCUT2D eigenvalue weighted by molar-refractivity contribution is 5.65. The standard InChI is InChI=1S/C21H24N4O/c1-16(2)25(14-17-9-5-4-6-10-17)21-13-20(22-15-23-21)24-18-11-7-8-12-19(18)26-3/h4-13,15-16H,14H2,1-3H3,(H,22,23,24). The van der Waals surface area contributed by atoms with Gasteiger partial charge in [0.25, 0.3) is 0 Å². The SMILES string of the molecule is COc1ccccc1Nc1cc(N(Cc2ccccc2)C(C)C)ncn1. The van der Waals surface area contributed by atoms with Crippen LogP contribution in [0.2, 0.25) is 0 Å². The lowest BCUT2D eigenvalue weighted by molar-refractivity contribution is 0.417. The Morgan fingerprint density at radius 1 is 1.00 bits per heavy atom. The second kappa shape index (κ2) is 8.34. The molecular weight excluding hydrogens is 324 g/mol. The summed E-state index contributed by atoms with van der Waals surface area (Å²) in [7, 11) is 1.66. The predicted molar refractivity (Wildman–Crippen MR) is 106 cm³/mol. The lowest BCUT2D eigenvalue weighted by Gasteiger charge is -2.28. The Kier molecular flexibility index (Phi) is 5.69. The summed E-state index contributed by atoms with van der Waals surface area (Å²) in [6, 6.07) is 20.5. The highest BCUT2D eigenvalue weighted by atomic mass is 16.5. The van der Waals surface area contributed by atoms with Gasteiger partial charge in [0.05, 0.1) is 12.8 Å². The van der Waals surface area contributed by atoms with Crippen LogP contribution in [0.3, 0.4) is 0 Å². The lowest BCUT2D eigenvalue weighted by atomic mass is 10.2. The van der Waals surface area contributed by atoms with Gasteiger partial charge in [-0.1, -0.05) is 42.5 Å². The van der Waals surface area contributed by atoms with Gasteiger partial charge < -0.3 is 15.0 Å². The molecule has 0 amide bonds. The van der Waals surface area contributed by atoms with Crippen molar-refractivity contribution in [2.24, 2.45) is 0 Å². The van der Waals surface area contributed by atoms with E-state index in [0.29, 0.717) is 6.04 Å². The Morgan fingerprint density at radius 3 is 2.46 bits per heavy atom. The minimum atomic E-state index is 0.309. The molecule has 0 spiro atoms. The average Bonchev–Trinajstić information content (AvgIpc) is 2.67. The van der Waals surface area contributed by atoms with Gasteiger partial charge in [-0.25, -0.2) is 9.97 Å². The number of anilines is 3. The number of ether oxygens (including phenoxy) is 1. The Balaban J connectivity index is 1.84. The minimum Gasteiger partial charge on any atom is -0.495 e. The highest BCUT2D eigenvalue weighted by Gasteiger charge is 2.14. The van der Waals surface area contributed by atoms with E-state index in [4.69, 9.17) is 4.74 Å². The summed E-state index contributed by atoms with van der Waals surface area (Å²) in [5, 5.41) is 3.32. The third-order valence-corrected chi connectivity index (χ3v) is 4.14. The maximum Gasteiger partial charge on any atom is 0.142 e. The molecule has 3 aromatic rings. The van der Waals surface area contributed by atoms with Crippen LogP contribution in [0.4, 0.5) is 17.3 Å². The van der Waals surface area contributed by atoms with Crippen molar-refractivity contribution in [1.82, 2.24) is 9.97 Å². The van der Waals surface area contributed by atoms with Crippen molar-refractivity contribution in [3.63, 3.8) is 0 Å². The van der Waals surface area contributed by atoms with Gasteiger partial charge in [-0.15, -0.1) is 0 Å². The Morgan fingerprint density at radius 2 is 1.73 bits per heavy atom. The van der Waals surface area contributed by atoms with Crippen LogP contribution >= 0.6 is 0 Å². The van der Waals surface area contributed by atoms with E-state index < -0.39 is 0 Å². The molecule has 3 rings (SSSR count). The van der Waals surface area contributed by atoms with Crippen molar-refractivity contribution in [3.05, 3.63) is 72.6 Å². The molecule has 0 unspecified atom stereocenters. The maximum atomic E-state index is 5.40. The number of aromatic nitrogens is 2. The molecule has 0 aliphatic rings. The number of para-hydroxylation sites is 2. The first-order valence-corrected chi connectivity index (χ1v) is 8.70. The van der Waals surface area contributed by atoms with Crippen LogP contribution in [0.1, 0.15) is 19.4 Å². The van der Waals surface area contributed by atoms with Crippen molar-refractivity contribution >= 4 is 17.3 Å². The molecule has 2 aromatic carbocycles. The molecule has 0 aliphatic carbocycles. The van der Waals surface area contributed by atoms with Crippen LogP contribution in [0.25, 0.3) is 0 Å². The molecule has 1 N–H and O–H groups in total. The molecule has 0 aliphatic heterocycles. The lowest BCUT2D eigenvalue weighted by Crippen LogP contribution is -2.31. The van der Waals surface area contributed by atoms with E-state index in [2.05, 4.69) is 58.3 Å². The predicted octanol–water partition coefficient (Wildman–Crippen LogP) is 4.64. The van der Waals surface area contributed by atoms with E-state index >= 15 is 0 Å². The summed E-state index contributed by atoms with van der Waals surface area (Å²) in [6.07, 6.45) is 1.59. The zero-order valence-corrected chi connectivity index (χ0v) is 15.4. The summed E-state index contributed by atoms with van der Waals surface area (Å²) in [6.45, 7) is 5.13. The minimum absolute atomic E-state index is 0.309. The van der Waals surface area contributed by atoms with Gasteiger partial charge in [-0.3, -0.25) is 0 Å². The van der Waals surface area contributed by atoms with E-state index in [1.54, 1.807) is 13.4 Å². The zero-order chi connectivity index (χ0) is 18.4. The number of nitrogens with zero attached hydrogens (tertiary/aromatic N) is 3. The van der Waals surface area contributed by atoms with Crippen molar-refractivity contribution < 1.29 is 4.74 Å². The molecule has 0 atom stereocenters. The summed E-state index contributed by atoms with van der Waals surface area (Å²) < 4.78 is 5.40. The first-order chi connectivity index (χ1) is 12.7. The molecule has 26 heavy (non-hydrogen) atoms. The van der Waals surface area contributed by atoms with E-state index in [-0.39, 0.29) is 0 Å². The quantitative estimate of drug-likeness (QED) is 0.674. The molecule has 1 heterocycles. The van der Waals surface area contributed by atoms with Gasteiger partial charge in [0, 0.05) is 18.7 Å². The molecular formula is C21H24N4O. The van der Waals surface area contributed by atoms with Crippen LogP contribution in [-0.4, -0.2) is 23.1 Å². The van der Waals surface area contributed by atoms with Crippen LogP contribution in [0.15, 0.2) is 67.0 Å². The highest BCUT2D eigenvalue weighted by Crippen LogP contribution is 2.27. The molecule has 1 aromatic heterocycles. The Hall–Kier alpha value is -3.08. The smallest absolute Gasteiger partial charge is 0.142 e. The van der Waals surface area contributed by atoms with Crippen LogP contribution in [0.5, 0.6) is 5.75 Å². The zero-order valence-electron chi connectivity index (χ0n) is 15.4. The largest absolute Gasteiger partial charge is 0.495 e. The second-order valence-electron chi connectivity index (χ2n) is 6.29. The number of nitrogens with one attached hydrogen (secondary N) is 1. The fourth-order valence-electron chi connectivity index (χ4n) is 2.77. The topological polar surface area (TPSA) is 50.3 Å². The molecule has 5 heteroatoms. The van der Waals surface area contributed by atoms with Gasteiger partial charge in [0.1, 0.15) is 23.7 Å². The first-order valence-electron chi connectivity index (χ1n) is 8.70. The van der Waals surface area contributed by atoms with E-state index in [1.165, 1.54) is 5.56 Å². The fourth-order valence-corrected chi connectivity index (χ4v) is 2.77. The number of hydrogen-bond donors (Lipinski definition) is 1. The van der Waals surface area contributed by atoms with Gasteiger partial charge in [0.2, 0.25) is 0 Å². The first kappa shape index (κ1) is 17.7. The van der Waals surface area contributed by atoms with Crippen LogP contribution < -0.4 is 15.0 Å². The maximum absolute atomic E-state index is 5.40. The number of hydrogen-bond acceptors (Lipinski definition) is 5. The van der Waals surface area contributed by atoms with Gasteiger partial charge >= 0.3 is 0 Å². The molecule has 5 nitrogen and oxygen atoms in total. The molecule has 134 valence electrons. The second-order valence-corrected chi connectivity index (χ2v) is 6.29. The van der Waals surface area contributed by atoms with Crippen LogP contribution in [-0.2, 0) is 6.54 Å². The third kappa shape index (κ3) is 4.30. The molecule has 0 bridgehead atoms. The average molecular weight is 348 g/mol. The summed E-state index contributed by atoms with van der Waals surface area (Å²) in [5.41, 5.74) is 2.12. The monoisotopic (exact) mass is 348 g/mol. The normalized spacial score (nSPS) is 10.6. The Bertz CT molecular complexity index is 836. The third-order valence-electron chi connectivity index (χ3n) is 4.14. The molecule has 0 saturated heterocycles. The van der Waals surface area contributed by atoms with E-state index in [0.717, 1.165) is 29.6 Å². The van der Waals surface area contributed by atoms with Crippen molar-refractivity contribution in [1.29, 1.82) is 0 Å². The summed E-state index contributed by atoms with van der Waals surface area (Å²) in [4.78, 5) is 11.1. The van der Waals surface area contributed by atoms with Gasteiger partial charge in [-0.2, -0.15) is 0 Å².